The molecule has 6 nitrogen and oxygen atoms in total. The van der Waals surface area contributed by atoms with E-state index in [0.29, 0.717) is 25.7 Å². The van der Waals surface area contributed by atoms with Gasteiger partial charge in [-0.2, -0.15) is 0 Å². The van der Waals surface area contributed by atoms with Crippen LogP contribution in [0.4, 0.5) is 0 Å². The van der Waals surface area contributed by atoms with Gasteiger partial charge in [0, 0.05) is 12.8 Å². The second-order valence-corrected chi connectivity index (χ2v) is 2.68. The first-order valence-electron chi connectivity index (χ1n) is 4.15. The highest BCUT2D eigenvalue weighted by Crippen LogP contribution is 2.09. The highest BCUT2D eigenvalue weighted by Gasteiger charge is 2.02. The summed E-state index contributed by atoms with van der Waals surface area (Å²) in [5.41, 5.74) is 0. The minimum atomic E-state index is -0.0113. The van der Waals surface area contributed by atoms with Crippen LogP contribution in [0.25, 0.3) is 9.95 Å². The van der Waals surface area contributed by atoms with Crippen molar-refractivity contribution in [3.63, 3.8) is 0 Å². The average molecular weight is 196 g/mol. The molecule has 0 heterocycles. The van der Waals surface area contributed by atoms with E-state index in [9.17, 15) is 0 Å². The SMILES string of the molecule is N#[N+]C=C(O)CCCCC(O)=C[N+]#N. The fraction of sp³-hybridized carbons (Fsp3) is 0.500. The number of rotatable bonds is 5. The zero-order valence-corrected chi connectivity index (χ0v) is 7.67. The largest absolute Gasteiger partial charge is 0.505 e. The maximum atomic E-state index is 8.99. The molecule has 0 saturated carbocycles. The van der Waals surface area contributed by atoms with Crippen LogP contribution in [0.5, 0.6) is 0 Å². The van der Waals surface area contributed by atoms with Crippen molar-refractivity contribution in [2.45, 2.75) is 25.7 Å². The van der Waals surface area contributed by atoms with E-state index in [4.69, 9.17) is 21.0 Å². The van der Waals surface area contributed by atoms with Gasteiger partial charge >= 0.3 is 12.4 Å². The van der Waals surface area contributed by atoms with Crippen LogP contribution in [0.2, 0.25) is 0 Å². The molecule has 0 aromatic carbocycles. The normalized spacial score (nSPS) is 11.9. The fourth-order valence-corrected chi connectivity index (χ4v) is 0.875. The lowest BCUT2D eigenvalue weighted by Gasteiger charge is -1.95. The molecule has 0 aliphatic carbocycles. The van der Waals surface area contributed by atoms with Gasteiger partial charge in [0.1, 0.15) is 0 Å². The number of nitrogens with zero attached hydrogens (tertiary/aromatic N) is 4. The van der Waals surface area contributed by atoms with Crippen molar-refractivity contribution in [2.75, 3.05) is 0 Å². The van der Waals surface area contributed by atoms with Gasteiger partial charge in [-0.3, -0.25) is 0 Å². The molecule has 74 valence electrons. The minimum absolute atomic E-state index is 0.0113. The van der Waals surface area contributed by atoms with Gasteiger partial charge in [-0.1, -0.05) is 0 Å². The summed E-state index contributed by atoms with van der Waals surface area (Å²) in [6, 6.07) is 0. The van der Waals surface area contributed by atoms with Gasteiger partial charge in [-0.25, -0.2) is 0 Å². The first-order valence-corrected chi connectivity index (χ1v) is 4.15. The van der Waals surface area contributed by atoms with Gasteiger partial charge < -0.3 is 10.2 Å². The summed E-state index contributed by atoms with van der Waals surface area (Å²) in [4.78, 5) is 5.32. The fourth-order valence-electron chi connectivity index (χ4n) is 0.875. The van der Waals surface area contributed by atoms with Gasteiger partial charge in [0.25, 0.3) is 0 Å². The van der Waals surface area contributed by atoms with Crippen molar-refractivity contribution in [2.24, 2.45) is 0 Å². The molecule has 0 radical (unpaired) electrons. The topological polar surface area (TPSA) is 96.8 Å². The smallest absolute Gasteiger partial charge is 0.387 e. The van der Waals surface area contributed by atoms with E-state index < -0.39 is 0 Å². The molecule has 0 aromatic rings. The molecule has 0 unspecified atom stereocenters. The van der Waals surface area contributed by atoms with Crippen molar-refractivity contribution >= 4 is 0 Å². The van der Waals surface area contributed by atoms with E-state index in [2.05, 4.69) is 9.95 Å². The lowest BCUT2D eigenvalue weighted by Crippen LogP contribution is -1.84. The molecule has 0 aliphatic rings. The Kier molecular flexibility index (Phi) is 6.44. The van der Waals surface area contributed by atoms with Crippen molar-refractivity contribution in [1.29, 1.82) is 10.8 Å². The third kappa shape index (κ3) is 6.62. The minimum Gasteiger partial charge on any atom is -0.505 e. The molecule has 0 bridgehead atoms. The van der Waals surface area contributed by atoms with E-state index in [-0.39, 0.29) is 11.5 Å². The first-order chi connectivity index (χ1) is 6.70. The zero-order chi connectivity index (χ0) is 10.8. The summed E-state index contributed by atoms with van der Waals surface area (Å²) in [5.74, 6) is -0.0226. The number of diazo groups is 2. The number of aliphatic hydroxyl groups excluding tert-OH is 2. The standard InChI is InChI=1S/C8H10N4O2/c9-11-5-7(13)3-1-2-4-8(14)6-12-10/h5-6H,1-4H2/p+2. The number of aliphatic hydroxyl groups is 2. The number of hydrogen-bond acceptors (Lipinski definition) is 4. The molecule has 0 amide bonds. The monoisotopic (exact) mass is 196 g/mol. The van der Waals surface area contributed by atoms with Crippen molar-refractivity contribution in [3.05, 3.63) is 33.9 Å². The predicted molar refractivity (Wildman–Crippen MR) is 50.1 cm³/mol. The molecule has 0 saturated heterocycles. The van der Waals surface area contributed by atoms with Gasteiger partial charge in [-0.15, -0.1) is 0 Å². The third-order valence-corrected chi connectivity index (χ3v) is 1.53. The van der Waals surface area contributed by atoms with E-state index in [1.807, 2.05) is 0 Å². The highest BCUT2D eigenvalue weighted by molar-refractivity contribution is 4.97. The van der Waals surface area contributed by atoms with Crippen LogP contribution in [-0.2, 0) is 0 Å². The summed E-state index contributed by atoms with van der Waals surface area (Å²) >= 11 is 0. The van der Waals surface area contributed by atoms with Crippen LogP contribution in [-0.4, -0.2) is 10.2 Å². The molecular weight excluding hydrogens is 184 g/mol. The maximum absolute atomic E-state index is 8.99. The highest BCUT2D eigenvalue weighted by atomic mass is 16.3. The number of allylic oxidation sites excluding steroid dienone is 2. The second kappa shape index (κ2) is 7.56. The molecule has 0 aliphatic heterocycles. The Labute approximate surface area is 81.4 Å². The van der Waals surface area contributed by atoms with Crippen molar-refractivity contribution in [1.82, 2.24) is 0 Å². The number of unbranched alkanes of at least 4 members (excludes halogenated alkanes) is 1. The lowest BCUT2D eigenvalue weighted by atomic mass is 10.1. The van der Waals surface area contributed by atoms with Gasteiger partial charge in [0.15, 0.2) is 21.5 Å². The van der Waals surface area contributed by atoms with Crippen molar-refractivity contribution in [3.8, 4) is 0 Å². The molecule has 0 aromatic heterocycles. The quantitative estimate of drug-likeness (QED) is 0.401. The molecular formula is C8H12N4O2+2. The summed E-state index contributed by atoms with van der Waals surface area (Å²) in [6.45, 7) is 0. The Balaban J connectivity index is 3.59. The number of hydrogen-bond donors (Lipinski definition) is 2. The Bertz CT molecular complexity index is 276. The molecule has 0 rings (SSSR count). The van der Waals surface area contributed by atoms with Crippen molar-refractivity contribution < 1.29 is 10.2 Å². The van der Waals surface area contributed by atoms with Gasteiger partial charge in [0.05, 0.1) is 0 Å². The lowest BCUT2D eigenvalue weighted by molar-refractivity contribution is 0.364. The van der Waals surface area contributed by atoms with Crippen LogP contribution >= 0.6 is 0 Å². The van der Waals surface area contributed by atoms with E-state index >= 15 is 0 Å². The van der Waals surface area contributed by atoms with Crippen LogP contribution in [0.1, 0.15) is 25.7 Å². The second-order valence-electron chi connectivity index (χ2n) is 2.68. The van der Waals surface area contributed by atoms with E-state index in [1.165, 1.54) is 0 Å². The average Bonchev–Trinajstić information content (AvgIpc) is 2.13. The summed E-state index contributed by atoms with van der Waals surface area (Å²) in [6.07, 6.45) is 3.96. The van der Waals surface area contributed by atoms with Crippen LogP contribution in [0.3, 0.4) is 0 Å². The molecule has 0 spiro atoms. The zero-order valence-electron chi connectivity index (χ0n) is 7.67. The predicted octanol–water partition coefficient (Wildman–Crippen LogP) is 3.05. The Morgan fingerprint density at radius 3 is 1.57 bits per heavy atom. The molecule has 0 atom stereocenters. The van der Waals surface area contributed by atoms with Crippen LogP contribution < -0.4 is 0 Å². The maximum Gasteiger partial charge on any atom is 0.387 e. The van der Waals surface area contributed by atoms with Crippen LogP contribution in [0, 0.1) is 10.8 Å². The Hall–Kier alpha value is -2.08. The molecule has 2 N–H and O–H groups in total. The Morgan fingerprint density at radius 2 is 1.29 bits per heavy atom. The van der Waals surface area contributed by atoms with Gasteiger partial charge in [-0.05, 0) is 12.8 Å². The summed E-state index contributed by atoms with van der Waals surface area (Å²) in [5, 5.41) is 34.1. The molecule has 6 heteroatoms. The molecule has 0 fully saturated rings. The molecule has 14 heavy (non-hydrogen) atoms. The first kappa shape index (κ1) is 11.9. The summed E-state index contributed by atoms with van der Waals surface area (Å²) < 4.78 is 0. The summed E-state index contributed by atoms with van der Waals surface area (Å²) in [7, 11) is 0. The van der Waals surface area contributed by atoms with Gasteiger partial charge in [0.2, 0.25) is 10.8 Å². The van der Waals surface area contributed by atoms with E-state index in [1.54, 1.807) is 0 Å². The van der Waals surface area contributed by atoms with E-state index in [0.717, 1.165) is 12.4 Å². The third-order valence-electron chi connectivity index (χ3n) is 1.53. The van der Waals surface area contributed by atoms with Crippen LogP contribution in [0.15, 0.2) is 23.9 Å². The Morgan fingerprint density at radius 1 is 0.929 bits per heavy atom.